The van der Waals surface area contributed by atoms with Crippen molar-refractivity contribution in [2.75, 3.05) is 12.3 Å². The van der Waals surface area contributed by atoms with Crippen molar-refractivity contribution in [1.29, 1.82) is 0 Å². The summed E-state index contributed by atoms with van der Waals surface area (Å²) in [5, 5.41) is 0. The Hall–Kier alpha value is -1.44. The number of allylic oxidation sites excluding steroid dienone is 1. The maximum atomic E-state index is 5.61. The molecule has 1 rings (SSSR count). The van der Waals surface area contributed by atoms with Crippen LogP contribution in [0, 0.1) is 6.92 Å². The van der Waals surface area contributed by atoms with E-state index in [1.165, 1.54) is 0 Å². The van der Waals surface area contributed by atoms with Gasteiger partial charge in [0.25, 0.3) is 0 Å². The van der Waals surface area contributed by atoms with Crippen LogP contribution >= 0.6 is 0 Å². The predicted molar refractivity (Wildman–Crippen MR) is 55.9 cm³/mol. The summed E-state index contributed by atoms with van der Waals surface area (Å²) < 4.78 is 5.49. The SMILES string of the molecule is C/C=C/COc1ccc(N)cc1C. The molecule has 0 unspecified atom stereocenters. The van der Waals surface area contributed by atoms with Crippen LogP contribution in [0.5, 0.6) is 5.75 Å². The Balaban J connectivity index is 2.66. The van der Waals surface area contributed by atoms with Crippen molar-refractivity contribution in [2.24, 2.45) is 0 Å². The van der Waals surface area contributed by atoms with Gasteiger partial charge in [-0.15, -0.1) is 0 Å². The summed E-state index contributed by atoms with van der Waals surface area (Å²) in [5.41, 5.74) is 7.46. The molecule has 0 spiro atoms. The van der Waals surface area contributed by atoms with Gasteiger partial charge in [-0.05, 0) is 37.6 Å². The molecule has 2 heteroatoms. The lowest BCUT2D eigenvalue weighted by Crippen LogP contribution is -1.96. The second kappa shape index (κ2) is 4.55. The monoisotopic (exact) mass is 177 g/mol. The minimum absolute atomic E-state index is 0.612. The van der Waals surface area contributed by atoms with Gasteiger partial charge in [0, 0.05) is 5.69 Å². The van der Waals surface area contributed by atoms with Crippen molar-refractivity contribution in [1.82, 2.24) is 0 Å². The van der Waals surface area contributed by atoms with Gasteiger partial charge in [-0.25, -0.2) is 0 Å². The lowest BCUT2D eigenvalue weighted by Gasteiger charge is -2.06. The Morgan fingerprint density at radius 3 is 2.85 bits per heavy atom. The average molecular weight is 177 g/mol. The molecule has 0 aromatic heterocycles. The summed E-state index contributed by atoms with van der Waals surface area (Å²) >= 11 is 0. The number of hydrogen-bond acceptors (Lipinski definition) is 2. The van der Waals surface area contributed by atoms with Crippen molar-refractivity contribution in [3.63, 3.8) is 0 Å². The van der Waals surface area contributed by atoms with E-state index in [9.17, 15) is 0 Å². The van der Waals surface area contributed by atoms with Crippen molar-refractivity contribution >= 4 is 5.69 Å². The number of rotatable bonds is 3. The van der Waals surface area contributed by atoms with E-state index in [-0.39, 0.29) is 0 Å². The smallest absolute Gasteiger partial charge is 0.122 e. The highest BCUT2D eigenvalue weighted by molar-refractivity contribution is 5.47. The summed E-state index contributed by atoms with van der Waals surface area (Å²) in [5.74, 6) is 0.896. The normalized spacial score (nSPS) is 10.6. The number of ether oxygens (including phenoxy) is 1. The van der Waals surface area contributed by atoms with Crippen LogP contribution in [0.1, 0.15) is 12.5 Å². The summed E-state index contributed by atoms with van der Waals surface area (Å²) in [4.78, 5) is 0. The minimum atomic E-state index is 0.612. The fourth-order valence-corrected chi connectivity index (χ4v) is 1.07. The van der Waals surface area contributed by atoms with Crippen LogP contribution in [0.25, 0.3) is 0 Å². The van der Waals surface area contributed by atoms with E-state index in [2.05, 4.69) is 0 Å². The van der Waals surface area contributed by atoms with Crippen molar-refractivity contribution in [3.8, 4) is 5.75 Å². The van der Waals surface area contributed by atoms with Crippen LogP contribution in [-0.4, -0.2) is 6.61 Å². The highest BCUT2D eigenvalue weighted by Crippen LogP contribution is 2.19. The van der Waals surface area contributed by atoms with Crippen LogP contribution in [0.2, 0.25) is 0 Å². The Morgan fingerprint density at radius 2 is 2.23 bits per heavy atom. The molecule has 0 saturated carbocycles. The number of nitrogen functional groups attached to an aromatic ring is 1. The topological polar surface area (TPSA) is 35.2 Å². The molecule has 0 aliphatic carbocycles. The van der Waals surface area contributed by atoms with Gasteiger partial charge >= 0.3 is 0 Å². The molecule has 0 aliphatic rings. The number of hydrogen-bond donors (Lipinski definition) is 1. The molecule has 0 fully saturated rings. The summed E-state index contributed by atoms with van der Waals surface area (Å²) in [6, 6.07) is 5.65. The molecule has 1 aromatic carbocycles. The maximum Gasteiger partial charge on any atom is 0.122 e. The first-order valence-corrected chi connectivity index (χ1v) is 4.34. The van der Waals surface area contributed by atoms with Gasteiger partial charge in [0.05, 0.1) is 0 Å². The predicted octanol–water partition coefficient (Wildman–Crippen LogP) is 2.53. The Bertz CT molecular complexity index is 305. The molecule has 0 heterocycles. The lowest BCUT2D eigenvalue weighted by atomic mass is 10.2. The van der Waals surface area contributed by atoms with Gasteiger partial charge in [-0.3, -0.25) is 0 Å². The van der Waals surface area contributed by atoms with Crippen LogP contribution < -0.4 is 10.5 Å². The highest BCUT2D eigenvalue weighted by Gasteiger charge is 1.97. The largest absolute Gasteiger partial charge is 0.489 e. The summed E-state index contributed by atoms with van der Waals surface area (Å²) in [7, 11) is 0. The third-order valence-corrected chi connectivity index (χ3v) is 1.77. The van der Waals surface area contributed by atoms with Crippen molar-refractivity contribution in [3.05, 3.63) is 35.9 Å². The Labute approximate surface area is 79.0 Å². The molecular weight excluding hydrogens is 162 g/mol. The molecule has 2 nitrogen and oxygen atoms in total. The van der Waals surface area contributed by atoms with Gasteiger partial charge in [0.2, 0.25) is 0 Å². The van der Waals surface area contributed by atoms with E-state index in [0.717, 1.165) is 17.0 Å². The Morgan fingerprint density at radius 1 is 1.46 bits per heavy atom. The lowest BCUT2D eigenvalue weighted by molar-refractivity contribution is 0.360. The second-order valence-corrected chi connectivity index (χ2v) is 2.90. The molecule has 0 amide bonds. The van der Waals surface area contributed by atoms with E-state index in [0.29, 0.717) is 6.61 Å². The first kappa shape index (κ1) is 9.65. The summed E-state index contributed by atoms with van der Waals surface area (Å²) in [6.07, 6.45) is 3.93. The average Bonchev–Trinajstić information content (AvgIpc) is 2.09. The van der Waals surface area contributed by atoms with Crippen LogP contribution in [0.3, 0.4) is 0 Å². The molecule has 0 atom stereocenters. The number of aryl methyl sites for hydroxylation is 1. The van der Waals surface area contributed by atoms with E-state index in [1.807, 2.05) is 44.2 Å². The van der Waals surface area contributed by atoms with Crippen LogP contribution in [0.4, 0.5) is 5.69 Å². The number of benzene rings is 1. The van der Waals surface area contributed by atoms with Gasteiger partial charge in [-0.2, -0.15) is 0 Å². The third-order valence-electron chi connectivity index (χ3n) is 1.77. The quantitative estimate of drug-likeness (QED) is 0.568. The zero-order valence-electron chi connectivity index (χ0n) is 8.08. The van der Waals surface area contributed by atoms with Gasteiger partial charge in [-0.1, -0.05) is 12.2 Å². The van der Waals surface area contributed by atoms with Crippen molar-refractivity contribution < 1.29 is 4.74 Å². The van der Waals surface area contributed by atoms with Crippen LogP contribution in [-0.2, 0) is 0 Å². The van der Waals surface area contributed by atoms with Crippen molar-refractivity contribution in [2.45, 2.75) is 13.8 Å². The van der Waals surface area contributed by atoms with Gasteiger partial charge < -0.3 is 10.5 Å². The third kappa shape index (κ3) is 2.82. The Kier molecular flexibility index (Phi) is 3.38. The second-order valence-electron chi connectivity index (χ2n) is 2.90. The standard InChI is InChI=1S/C11H15NO/c1-3-4-7-13-11-6-5-10(12)8-9(11)2/h3-6,8H,7,12H2,1-2H3/b4-3+. The van der Waals surface area contributed by atoms with E-state index in [1.54, 1.807) is 0 Å². The number of anilines is 1. The first-order chi connectivity index (χ1) is 6.24. The molecule has 13 heavy (non-hydrogen) atoms. The molecule has 0 saturated heterocycles. The molecule has 0 radical (unpaired) electrons. The molecule has 1 aromatic rings. The van der Waals surface area contributed by atoms with E-state index >= 15 is 0 Å². The molecule has 70 valence electrons. The molecular formula is C11H15NO. The zero-order valence-corrected chi connectivity index (χ0v) is 8.08. The fourth-order valence-electron chi connectivity index (χ4n) is 1.07. The van der Waals surface area contributed by atoms with Gasteiger partial charge in [0.1, 0.15) is 12.4 Å². The number of nitrogens with two attached hydrogens (primary N) is 1. The maximum absolute atomic E-state index is 5.61. The summed E-state index contributed by atoms with van der Waals surface area (Å²) in [6.45, 7) is 4.57. The molecule has 0 aliphatic heterocycles. The zero-order chi connectivity index (χ0) is 9.68. The van der Waals surface area contributed by atoms with E-state index < -0.39 is 0 Å². The fraction of sp³-hybridized carbons (Fsp3) is 0.273. The highest BCUT2D eigenvalue weighted by atomic mass is 16.5. The molecule has 2 N–H and O–H groups in total. The van der Waals surface area contributed by atoms with Crippen LogP contribution in [0.15, 0.2) is 30.4 Å². The van der Waals surface area contributed by atoms with Gasteiger partial charge in [0.15, 0.2) is 0 Å². The van der Waals surface area contributed by atoms with E-state index in [4.69, 9.17) is 10.5 Å². The minimum Gasteiger partial charge on any atom is -0.489 e. The molecule has 0 bridgehead atoms. The first-order valence-electron chi connectivity index (χ1n) is 4.34.